The number of aromatic nitrogens is 7. The number of rotatable bonds is 4. The summed E-state index contributed by atoms with van der Waals surface area (Å²) in [6, 6.07) is 9.40. The fourth-order valence-electron chi connectivity index (χ4n) is 2.46. The molecular formula is C15H13ClN8O. The molecule has 0 spiro atoms. The molecule has 3 heterocycles. The quantitative estimate of drug-likeness (QED) is 0.593. The normalized spacial score (nSPS) is 11.1. The molecule has 1 aromatic carbocycles. The molecule has 0 fully saturated rings. The molecule has 126 valence electrons. The van der Waals surface area contributed by atoms with Gasteiger partial charge in [-0.1, -0.05) is 28.8 Å². The fourth-order valence-corrected chi connectivity index (χ4v) is 2.68. The molecule has 10 heteroatoms. The number of fused-ring (bicyclic) bond motifs is 1. The summed E-state index contributed by atoms with van der Waals surface area (Å²) >= 11 is 6.27. The average molecular weight is 357 g/mol. The summed E-state index contributed by atoms with van der Waals surface area (Å²) in [4.78, 5) is 8.54. The molecule has 0 aliphatic rings. The molecule has 2 N–H and O–H groups in total. The third kappa shape index (κ3) is 2.64. The van der Waals surface area contributed by atoms with Crippen molar-refractivity contribution in [2.24, 2.45) is 7.05 Å². The van der Waals surface area contributed by atoms with E-state index < -0.39 is 0 Å². The predicted octanol–water partition coefficient (Wildman–Crippen LogP) is 1.76. The molecule has 0 amide bonds. The molecule has 3 aromatic heterocycles. The molecule has 0 aliphatic heterocycles. The minimum absolute atomic E-state index is 0.200. The SMILES string of the molecule is Cn1nnnc1-n1c(OCc2cccnc2N)nc2c(Cl)cccc21. The molecule has 9 nitrogen and oxygen atoms in total. The van der Waals surface area contributed by atoms with E-state index in [1.165, 1.54) is 4.68 Å². The molecule has 0 atom stereocenters. The molecule has 0 radical (unpaired) electrons. The van der Waals surface area contributed by atoms with Crippen LogP contribution in [-0.4, -0.2) is 34.7 Å². The van der Waals surface area contributed by atoms with E-state index in [4.69, 9.17) is 22.1 Å². The van der Waals surface area contributed by atoms with Crippen LogP contribution in [0.2, 0.25) is 5.02 Å². The third-order valence-corrected chi connectivity index (χ3v) is 3.99. The van der Waals surface area contributed by atoms with Gasteiger partial charge in [-0.3, -0.25) is 0 Å². The number of anilines is 1. The lowest BCUT2D eigenvalue weighted by molar-refractivity contribution is 0.276. The number of halogens is 1. The van der Waals surface area contributed by atoms with Crippen molar-refractivity contribution in [3.63, 3.8) is 0 Å². The summed E-state index contributed by atoms with van der Waals surface area (Å²) in [5, 5.41) is 12.1. The van der Waals surface area contributed by atoms with E-state index in [1.54, 1.807) is 29.9 Å². The Balaban J connectivity index is 1.82. The maximum Gasteiger partial charge on any atom is 0.305 e. The summed E-state index contributed by atoms with van der Waals surface area (Å²) in [5.74, 6) is 0.863. The van der Waals surface area contributed by atoms with Crippen LogP contribution in [0.25, 0.3) is 17.0 Å². The van der Waals surface area contributed by atoms with Crippen molar-refractivity contribution in [3.05, 3.63) is 47.1 Å². The minimum Gasteiger partial charge on any atom is -0.459 e. The molecule has 0 saturated heterocycles. The highest BCUT2D eigenvalue weighted by Gasteiger charge is 2.19. The second-order valence-corrected chi connectivity index (χ2v) is 5.68. The summed E-state index contributed by atoms with van der Waals surface area (Å²) < 4.78 is 9.11. The lowest BCUT2D eigenvalue weighted by atomic mass is 10.3. The van der Waals surface area contributed by atoms with E-state index in [-0.39, 0.29) is 6.61 Å². The van der Waals surface area contributed by atoms with E-state index in [0.717, 1.165) is 11.1 Å². The topological polar surface area (TPSA) is 110 Å². The zero-order valence-electron chi connectivity index (χ0n) is 13.2. The standard InChI is InChI=1S/C15H13ClN8O/c1-23-14(20-21-22-23)24-11-6-2-5-10(16)12(11)19-15(24)25-8-9-4-3-7-18-13(9)17/h2-7H,8H2,1H3,(H2,17,18). The highest BCUT2D eigenvalue weighted by Crippen LogP contribution is 2.30. The molecule has 0 unspecified atom stereocenters. The van der Waals surface area contributed by atoms with Crippen LogP contribution >= 0.6 is 11.6 Å². The number of ether oxygens (including phenoxy) is 1. The van der Waals surface area contributed by atoms with Crippen LogP contribution in [0.4, 0.5) is 5.82 Å². The van der Waals surface area contributed by atoms with Crippen LogP contribution in [0, 0.1) is 0 Å². The second kappa shape index (κ2) is 6.02. The largest absolute Gasteiger partial charge is 0.459 e. The van der Waals surface area contributed by atoms with Crippen molar-refractivity contribution in [1.82, 2.24) is 34.7 Å². The van der Waals surface area contributed by atoms with Gasteiger partial charge in [0.15, 0.2) is 0 Å². The van der Waals surface area contributed by atoms with Gasteiger partial charge in [0.05, 0.1) is 10.5 Å². The van der Waals surface area contributed by atoms with Crippen molar-refractivity contribution in [1.29, 1.82) is 0 Å². The first-order chi connectivity index (χ1) is 12.1. The van der Waals surface area contributed by atoms with Crippen LogP contribution in [-0.2, 0) is 13.7 Å². The number of hydrogen-bond acceptors (Lipinski definition) is 7. The Hall–Kier alpha value is -3.20. The van der Waals surface area contributed by atoms with Crippen LogP contribution in [0.1, 0.15) is 5.56 Å². The van der Waals surface area contributed by atoms with Gasteiger partial charge in [0, 0.05) is 18.8 Å². The first-order valence-electron chi connectivity index (χ1n) is 7.37. The lowest BCUT2D eigenvalue weighted by Crippen LogP contribution is -2.09. The summed E-state index contributed by atoms with van der Waals surface area (Å²) in [6.45, 7) is 0.200. The summed E-state index contributed by atoms with van der Waals surface area (Å²) in [6.07, 6.45) is 1.62. The average Bonchev–Trinajstić information content (AvgIpc) is 3.18. The molecule has 4 rings (SSSR count). The van der Waals surface area contributed by atoms with Gasteiger partial charge in [-0.15, -0.1) is 0 Å². The maximum absolute atomic E-state index is 6.27. The molecule has 0 bridgehead atoms. The Morgan fingerprint density at radius 3 is 2.88 bits per heavy atom. The highest BCUT2D eigenvalue weighted by atomic mass is 35.5. The Morgan fingerprint density at radius 2 is 2.12 bits per heavy atom. The van der Waals surface area contributed by atoms with E-state index in [2.05, 4.69) is 25.5 Å². The number of hydrogen-bond donors (Lipinski definition) is 1. The molecule has 0 aliphatic carbocycles. The fraction of sp³-hybridized carbons (Fsp3) is 0.133. The van der Waals surface area contributed by atoms with Crippen LogP contribution in [0.15, 0.2) is 36.5 Å². The Bertz CT molecular complexity index is 1060. The van der Waals surface area contributed by atoms with E-state index in [1.807, 2.05) is 18.2 Å². The first-order valence-corrected chi connectivity index (χ1v) is 7.75. The van der Waals surface area contributed by atoms with Gasteiger partial charge in [-0.2, -0.15) is 4.98 Å². The zero-order valence-corrected chi connectivity index (χ0v) is 13.9. The number of aryl methyl sites for hydroxylation is 1. The molecule has 25 heavy (non-hydrogen) atoms. The molecule has 0 saturated carbocycles. The zero-order chi connectivity index (χ0) is 17.4. The molecular weight excluding hydrogens is 344 g/mol. The van der Waals surface area contributed by atoms with E-state index >= 15 is 0 Å². The predicted molar refractivity (Wildman–Crippen MR) is 91.4 cm³/mol. The Morgan fingerprint density at radius 1 is 1.24 bits per heavy atom. The van der Waals surface area contributed by atoms with Gasteiger partial charge in [0.1, 0.15) is 17.9 Å². The van der Waals surface area contributed by atoms with Gasteiger partial charge < -0.3 is 10.5 Å². The Labute approximate surface area is 147 Å². The van der Waals surface area contributed by atoms with Crippen LogP contribution in [0.5, 0.6) is 6.01 Å². The summed E-state index contributed by atoms with van der Waals surface area (Å²) in [5.41, 5.74) is 7.95. The second-order valence-electron chi connectivity index (χ2n) is 5.28. The van der Waals surface area contributed by atoms with Crippen molar-refractivity contribution in [2.75, 3.05) is 5.73 Å². The monoisotopic (exact) mass is 356 g/mol. The minimum atomic E-state index is 0.200. The number of imidazole rings is 1. The van der Waals surface area contributed by atoms with Crippen molar-refractivity contribution >= 4 is 28.5 Å². The highest BCUT2D eigenvalue weighted by molar-refractivity contribution is 6.35. The number of nitrogens with two attached hydrogens (primary N) is 1. The van der Waals surface area contributed by atoms with Gasteiger partial charge in [-0.05, 0) is 28.6 Å². The smallest absolute Gasteiger partial charge is 0.305 e. The Kier molecular flexibility index (Phi) is 3.69. The van der Waals surface area contributed by atoms with Gasteiger partial charge in [0.2, 0.25) is 0 Å². The molecule has 4 aromatic rings. The van der Waals surface area contributed by atoms with Crippen LogP contribution in [0.3, 0.4) is 0 Å². The van der Waals surface area contributed by atoms with Crippen molar-refractivity contribution in [2.45, 2.75) is 6.61 Å². The van der Waals surface area contributed by atoms with E-state index in [9.17, 15) is 0 Å². The van der Waals surface area contributed by atoms with Crippen molar-refractivity contribution < 1.29 is 4.74 Å². The number of benzene rings is 1. The lowest BCUT2D eigenvalue weighted by Gasteiger charge is -2.09. The van der Waals surface area contributed by atoms with Crippen molar-refractivity contribution in [3.8, 4) is 12.0 Å². The number of para-hydroxylation sites is 1. The third-order valence-electron chi connectivity index (χ3n) is 3.69. The van der Waals surface area contributed by atoms with Gasteiger partial charge in [0.25, 0.3) is 5.95 Å². The van der Waals surface area contributed by atoms with Crippen LogP contribution < -0.4 is 10.5 Å². The van der Waals surface area contributed by atoms with E-state index in [0.29, 0.717) is 28.3 Å². The number of tetrazole rings is 1. The number of pyridine rings is 1. The maximum atomic E-state index is 6.27. The van der Waals surface area contributed by atoms with Gasteiger partial charge >= 0.3 is 6.01 Å². The summed E-state index contributed by atoms with van der Waals surface area (Å²) in [7, 11) is 1.73. The first kappa shape index (κ1) is 15.3. The number of nitrogens with zero attached hydrogens (tertiary/aromatic N) is 7. The van der Waals surface area contributed by atoms with Gasteiger partial charge in [-0.25, -0.2) is 14.2 Å². The number of nitrogen functional groups attached to an aromatic ring is 1.